The summed E-state index contributed by atoms with van der Waals surface area (Å²) >= 11 is 0. The van der Waals surface area contributed by atoms with Gasteiger partial charge in [0.05, 0.1) is 0 Å². The molecule has 0 aliphatic carbocycles. The van der Waals surface area contributed by atoms with Crippen molar-refractivity contribution in [1.82, 2.24) is 4.90 Å². The van der Waals surface area contributed by atoms with Gasteiger partial charge in [0.2, 0.25) is 0 Å². The van der Waals surface area contributed by atoms with Crippen LogP contribution in [-0.2, 0) is 6.54 Å². The van der Waals surface area contributed by atoms with Crippen molar-refractivity contribution in [3.05, 3.63) is 64.2 Å². The Kier molecular flexibility index (Phi) is 3.27. The van der Waals surface area contributed by atoms with E-state index in [1.807, 2.05) is 6.07 Å². The van der Waals surface area contributed by atoms with Crippen molar-refractivity contribution in [2.45, 2.75) is 26.3 Å². The largest absolute Gasteiger partial charge is 0.399 e. The fourth-order valence-corrected chi connectivity index (χ4v) is 3.36. The van der Waals surface area contributed by atoms with Gasteiger partial charge in [0.25, 0.3) is 0 Å². The maximum atomic E-state index is 5.97. The molecule has 2 aromatic rings. The molecular formula is C18H22N2. The first-order valence-electron chi connectivity index (χ1n) is 7.18. The predicted octanol–water partition coefficient (Wildman–Crippen LogP) is 3.46. The zero-order chi connectivity index (χ0) is 14.3. The van der Waals surface area contributed by atoms with Gasteiger partial charge < -0.3 is 10.6 Å². The summed E-state index contributed by atoms with van der Waals surface area (Å²) in [6.07, 6.45) is 0. The Morgan fingerprint density at radius 1 is 1.15 bits per heavy atom. The molecule has 20 heavy (non-hydrogen) atoms. The van der Waals surface area contributed by atoms with E-state index in [-0.39, 0.29) is 0 Å². The van der Waals surface area contributed by atoms with E-state index in [1.54, 1.807) is 0 Å². The van der Waals surface area contributed by atoms with Crippen molar-refractivity contribution in [3.8, 4) is 0 Å². The Morgan fingerprint density at radius 3 is 2.70 bits per heavy atom. The highest BCUT2D eigenvalue weighted by molar-refractivity contribution is 5.49. The van der Waals surface area contributed by atoms with Crippen molar-refractivity contribution in [3.63, 3.8) is 0 Å². The number of nitrogens with zero attached hydrogens (tertiary/aromatic N) is 1. The first kappa shape index (κ1) is 13.2. The summed E-state index contributed by atoms with van der Waals surface area (Å²) in [6.45, 7) is 6.50. The minimum atomic E-state index is 0.422. The van der Waals surface area contributed by atoms with Gasteiger partial charge in [-0.3, -0.25) is 0 Å². The molecule has 0 fully saturated rings. The number of anilines is 1. The predicted molar refractivity (Wildman–Crippen MR) is 84.9 cm³/mol. The standard InChI is InChI=1S/C18H22N2/c1-12-7-13(2)17-10-20(3)11-18(16(17)8-12)14-5-4-6-15(19)9-14/h4-9,18H,10-11,19H2,1-3H3. The number of fused-ring (bicyclic) bond motifs is 1. The summed E-state index contributed by atoms with van der Waals surface area (Å²) in [5, 5.41) is 0. The van der Waals surface area contributed by atoms with Crippen LogP contribution < -0.4 is 5.73 Å². The highest BCUT2D eigenvalue weighted by Gasteiger charge is 2.26. The molecule has 2 heteroatoms. The van der Waals surface area contributed by atoms with Crippen LogP contribution >= 0.6 is 0 Å². The summed E-state index contributed by atoms with van der Waals surface area (Å²) in [5.41, 5.74) is 13.8. The van der Waals surface area contributed by atoms with Crippen molar-refractivity contribution in [2.24, 2.45) is 0 Å². The van der Waals surface area contributed by atoms with Crippen molar-refractivity contribution >= 4 is 5.69 Å². The SMILES string of the molecule is Cc1cc(C)c2c(c1)C(c1cccc(N)c1)CN(C)C2. The Morgan fingerprint density at radius 2 is 1.95 bits per heavy atom. The Labute approximate surface area is 121 Å². The normalized spacial score (nSPS) is 18.9. The molecule has 1 heterocycles. The van der Waals surface area contributed by atoms with Gasteiger partial charge in [0.15, 0.2) is 0 Å². The number of nitrogens with two attached hydrogens (primary N) is 1. The van der Waals surface area contributed by atoms with E-state index in [0.717, 1.165) is 18.8 Å². The lowest BCUT2D eigenvalue weighted by molar-refractivity contribution is 0.294. The average Bonchev–Trinajstić information content (AvgIpc) is 2.39. The highest BCUT2D eigenvalue weighted by Crippen LogP contribution is 2.35. The molecule has 3 rings (SSSR count). The van der Waals surface area contributed by atoms with E-state index in [4.69, 9.17) is 5.73 Å². The van der Waals surface area contributed by atoms with E-state index in [1.165, 1.54) is 27.8 Å². The van der Waals surface area contributed by atoms with E-state index in [2.05, 4.69) is 56.1 Å². The van der Waals surface area contributed by atoms with Crippen LogP contribution in [0.3, 0.4) is 0 Å². The van der Waals surface area contributed by atoms with Crippen LogP contribution in [0.25, 0.3) is 0 Å². The number of nitrogen functional groups attached to an aromatic ring is 1. The van der Waals surface area contributed by atoms with Crippen LogP contribution in [0.4, 0.5) is 5.69 Å². The Hall–Kier alpha value is -1.80. The quantitative estimate of drug-likeness (QED) is 0.801. The second kappa shape index (κ2) is 4.95. The molecule has 0 bridgehead atoms. The van der Waals surface area contributed by atoms with Gasteiger partial charge in [0.1, 0.15) is 0 Å². The molecule has 1 aliphatic heterocycles. The van der Waals surface area contributed by atoms with Gasteiger partial charge in [-0.25, -0.2) is 0 Å². The topological polar surface area (TPSA) is 29.3 Å². The Balaban J connectivity index is 2.15. The molecule has 0 radical (unpaired) electrons. The summed E-state index contributed by atoms with van der Waals surface area (Å²) in [4.78, 5) is 2.40. The monoisotopic (exact) mass is 266 g/mol. The number of benzene rings is 2. The van der Waals surface area contributed by atoms with Gasteiger partial charge in [-0.15, -0.1) is 0 Å². The van der Waals surface area contributed by atoms with E-state index in [9.17, 15) is 0 Å². The minimum absolute atomic E-state index is 0.422. The minimum Gasteiger partial charge on any atom is -0.399 e. The molecule has 104 valence electrons. The van der Waals surface area contributed by atoms with Crippen molar-refractivity contribution < 1.29 is 0 Å². The van der Waals surface area contributed by atoms with Gasteiger partial charge in [0, 0.05) is 24.7 Å². The van der Waals surface area contributed by atoms with E-state index < -0.39 is 0 Å². The lowest BCUT2D eigenvalue weighted by atomic mass is 9.82. The molecule has 1 atom stereocenters. The fraction of sp³-hybridized carbons (Fsp3) is 0.333. The molecule has 2 nitrogen and oxygen atoms in total. The van der Waals surface area contributed by atoms with Gasteiger partial charge >= 0.3 is 0 Å². The molecule has 0 saturated carbocycles. The molecule has 1 aliphatic rings. The lowest BCUT2D eigenvalue weighted by Crippen LogP contribution is -2.31. The molecule has 2 aromatic carbocycles. The third-order valence-electron chi connectivity index (χ3n) is 4.26. The first-order valence-corrected chi connectivity index (χ1v) is 7.18. The zero-order valence-corrected chi connectivity index (χ0v) is 12.5. The fourth-order valence-electron chi connectivity index (χ4n) is 3.36. The zero-order valence-electron chi connectivity index (χ0n) is 12.5. The lowest BCUT2D eigenvalue weighted by Gasteiger charge is -2.34. The van der Waals surface area contributed by atoms with Crippen molar-refractivity contribution in [1.29, 1.82) is 0 Å². The maximum absolute atomic E-state index is 5.97. The number of likely N-dealkylation sites (N-methyl/N-ethyl adjacent to an activating group) is 1. The van der Waals surface area contributed by atoms with Crippen LogP contribution in [0.15, 0.2) is 36.4 Å². The summed E-state index contributed by atoms with van der Waals surface area (Å²) in [7, 11) is 2.20. The summed E-state index contributed by atoms with van der Waals surface area (Å²) in [5.74, 6) is 0.422. The van der Waals surface area contributed by atoms with Crippen LogP contribution in [0.5, 0.6) is 0 Å². The maximum Gasteiger partial charge on any atom is 0.0316 e. The first-order chi connectivity index (χ1) is 9.54. The molecular weight excluding hydrogens is 244 g/mol. The van der Waals surface area contributed by atoms with E-state index in [0.29, 0.717) is 5.92 Å². The Bertz CT molecular complexity index is 646. The van der Waals surface area contributed by atoms with Gasteiger partial charge in [-0.05, 0) is 55.3 Å². The summed E-state index contributed by atoms with van der Waals surface area (Å²) in [6, 6.07) is 13.0. The van der Waals surface area contributed by atoms with Crippen LogP contribution in [0.2, 0.25) is 0 Å². The molecule has 0 spiro atoms. The van der Waals surface area contributed by atoms with Gasteiger partial charge in [-0.1, -0.05) is 29.8 Å². The number of hydrogen-bond acceptors (Lipinski definition) is 2. The molecule has 0 saturated heterocycles. The number of rotatable bonds is 1. The van der Waals surface area contributed by atoms with E-state index >= 15 is 0 Å². The highest BCUT2D eigenvalue weighted by atomic mass is 15.1. The molecule has 1 unspecified atom stereocenters. The van der Waals surface area contributed by atoms with Crippen LogP contribution in [0, 0.1) is 13.8 Å². The second-order valence-electron chi connectivity index (χ2n) is 6.07. The molecule has 2 N–H and O–H groups in total. The average molecular weight is 266 g/mol. The van der Waals surface area contributed by atoms with Crippen LogP contribution in [0.1, 0.15) is 33.7 Å². The third kappa shape index (κ3) is 2.32. The second-order valence-corrected chi connectivity index (χ2v) is 6.07. The van der Waals surface area contributed by atoms with Gasteiger partial charge in [-0.2, -0.15) is 0 Å². The molecule has 0 amide bonds. The molecule has 0 aromatic heterocycles. The van der Waals surface area contributed by atoms with Crippen LogP contribution in [-0.4, -0.2) is 18.5 Å². The number of hydrogen-bond donors (Lipinski definition) is 1. The smallest absolute Gasteiger partial charge is 0.0316 e. The van der Waals surface area contributed by atoms with Crippen molar-refractivity contribution in [2.75, 3.05) is 19.3 Å². The summed E-state index contributed by atoms with van der Waals surface area (Å²) < 4.78 is 0. The number of aryl methyl sites for hydroxylation is 2. The third-order valence-corrected chi connectivity index (χ3v) is 4.26.